The summed E-state index contributed by atoms with van der Waals surface area (Å²) in [7, 11) is 0. The number of hydrogen-bond donors (Lipinski definition) is 1. The zero-order valence-electron chi connectivity index (χ0n) is 16.6. The van der Waals surface area contributed by atoms with Gasteiger partial charge in [-0.1, -0.05) is 24.3 Å². The molecule has 7 heteroatoms. The first-order chi connectivity index (χ1) is 14.2. The molecule has 3 aromatic rings. The van der Waals surface area contributed by atoms with Gasteiger partial charge in [-0.15, -0.1) is 5.10 Å². The van der Waals surface area contributed by atoms with Crippen molar-refractivity contribution < 1.29 is 0 Å². The van der Waals surface area contributed by atoms with E-state index < -0.39 is 0 Å². The molecule has 1 saturated heterocycles. The van der Waals surface area contributed by atoms with Crippen LogP contribution >= 0.6 is 0 Å². The molecule has 2 aromatic carbocycles. The lowest BCUT2D eigenvalue weighted by molar-refractivity contribution is 0.643. The maximum atomic E-state index is 9.25. The second-order valence-corrected chi connectivity index (χ2v) is 7.11. The van der Waals surface area contributed by atoms with Gasteiger partial charge in [0.25, 0.3) is 0 Å². The van der Waals surface area contributed by atoms with Crippen molar-refractivity contribution in [3.63, 3.8) is 0 Å². The summed E-state index contributed by atoms with van der Waals surface area (Å²) in [5, 5.41) is 20.5. The Morgan fingerprint density at radius 1 is 0.966 bits per heavy atom. The lowest BCUT2D eigenvalue weighted by atomic mass is 10.1. The fraction of sp³-hybridized carbons (Fsp3) is 0.273. The molecule has 1 aliphatic heterocycles. The van der Waals surface area contributed by atoms with Gasteiger partial charge in [0.05, 0.1) is 17.4 Å². The Labute approximate surface area is 170 Å². The van der Waals surface area contributed by atoms with Crippen LogP contribution in [0, 0.1) is 25.2 Å². The average Bonchev–Trinajstić information content (AvgIpc) is 2.76. The number of rotatable bonds is 4. The molecule has 7 nitrogen and oxygen atoms in total. The van der Waals surface area contributed by atoms with E-state index in [2.05, 4.69) is 68.4 Å². The summed E-state index contributed by atoms with van der Waals surface area (Å²) in [5.74, 6) is 1.18. The molecule has 1 aliphatic rings. The molecule has 0 saturated carbocycles. The summed E-state index contributed by atoms with van der Waals surface area (Å²) in [6, 6.07) is 15.9. The molecule has 29 heavy (non-hydrogen) atoms. The van der Waals surface area contributed by atoms with Gasteiger partial charge < -0.3 is 15.1 Å². The molecule has 0 aliphatic carbocycles. The monoisotopic (exact) mass is 385 g/mol. The average molecular weight is 385 g/mol. The van der Waals surface area contributed by atoms with Crippen molar-refractivity contribution in [1.82, 2.24) is 15.2 Å². The van der Waals surface area contributed by atoms with Crippen LogP contribution in [0.15, 0.2) is 48.7 Å². The van der Waals surface area contributed by atoms with E-state index in [1.165, 1.54) is 16.8 Å². The third-order valence-corrected chi connectivity index (χ3v) is 5.36. The smallest absolute Gasteiger partial charge is 0.249 e. The van der Waals surface area contributed by atoms with E-state index >= 15 is 0 Å². The largest absolute Gasteiger partial charge is 0.368 e. The van der Waals surface area contributed by atoms with E-state index in [-0.39, 0.29) is 0 Å². The van der Waals surface area contributed by atoms with Gasteiger partial charge in [-0.2, -0.15) is 15.3 Å². The van der Waals surface area contributed by atoms with Crippen molar-refractivity contribution in [3.05, 3.63) is 65.4 Å². The first kappa shape index (κ1) is 18.7. The number of benzene rings is 2. The minimum absolute atomic E-state index is 0.391. The third kappa shape index (κ3) is 3.97. The predicted octanol–water partition coefficient (Wildman–Crippen LogP) is 3.43. The van der Waals surface area contributed by atoms with Gasteiger partial charge in [0.1, 0.15) is 6.07 Å². The van der Waals surface area contributed by atoms with Crippen LogP contribution in [0.1, 0.15) is 16.7 Å². The van der Waals surface area contributed by atoms with Crippen LogP contribution in [-0.4, -0.2) is 41.4 Å². The number of aromatic nitrogens is 3. The Hall–Kier alpha value is -3.66. The van der Waals surface area contributed by atoms with Gasteiger partial charge >= 0.3 is 0 Å². The van der Waals surface area contributed by atoms with Crippen LogP contribution in [0.2, 0.25) is 0 Å². The van der Waals surface area contributed by atoms with E-state index in [0.717, 1.165) is 32.0 Å². The van der Waals surface area contributed by atoms with Gasteiger partial charge in [-0.3, -0.25) is 0 Å². The second kappa shape index (κ2) is 8.15. The maximum absolute atomic E-state index is 9.25. The molecule has 0 spiro atoms. The highest BCUT2D eigenvalue weighted by Gasteiger charge is 2.20. The van der Waals surface area contributed by atoms with Crippen LogP contribution in [0.4, 0.5) is 23.1 Å². The third-order valence-electron chi connectivity index (χ3n) is 5.36. The Morgan fingerprint density at radius 2 is 1.72 bits per heavy atom. The van der Waals surface area contributed by atoms with Crippen molar-refractivity contribution in [2.45, 2.75) is 13.8 Å². The maximum Gasteiger partial charge on any atom is 0.249 e. The fourth-order valence-electron chi connectivity index (χ4n) is 3.56. The van der Waals surface area contributed by atoms with Gasteiger partial charge in [-0.05, 0) is 43.2 Å². The van der Waals surface area contributed by atoms with Gasteiger partial charge in [0.2, 0.25) is 5.95 Å². The highest BCUT2D eigenvalue weighted by Crippen LogP contribution is 2.25. The molecule has 0 bridgehead atoms. The summed E-state index contributed by atoms with van der Waals surface area (Å²) < 4.78 is 0. The van der Waals surface area contributed by atoms with Crippen molar-refractivity contribution >= 4 is 23.1 Å². The number of piperazine rings is 1. The van der Waals surface area contributed by atoms with Gasteiger partial charge in [0.15, 0.2) is 5.82 Å². The Balaban J connectivity index is 1.46. The van der Waals surface area contributed by atoms with Crippen molar-refractivity contribution in [2.75, 3.05) is 41.3 Å². The molecule has 4 rings (SSSR count). The molecule has 146 valence electrons. The molecule has 1 N–H and O–H groups in total. The topological polar surface area (TPSA) is 81.0 Å². The Kier molecular flexibility index (Phi) is 5.25. The summed E-state index contributed by atoms with van der Waals surface area (Å²) in [6.45, 7) is 7.91. The highest BCUT2D eigenvalue weighted by molar-refractivity contribution is 5.63. The number of hydrogen-bond acceptors (Lipinski definition) is 7. The van der Waals surface area contributed by atoms with Crippen LogP contribution in [0.5, 0.6) is 0 Å². The number of anilines is 4. The molecular formula is C22H23N7. The van der Waals surface area contributed by atoms with E-state index in [0.29, 0.717) is 17.2 Å². The van der Waals surface area contributed by atoms with Crippen LogP contribution in [-0.2, 0) is 0 Å². The number of aryl methyl sites for hydroxylation is 1. The number of para-hydroxylation sites is 1. The zero-order valence-corrected chi connectivity index (χ0v) is 16.6. The molecule has 0 unspecified atom stereocenters. The minimum Gasteiger partial charge on any atom is -0.368 e. The summed E-state index contributed by atoms with van der Waals surface area (Å²) in [4.78, 5) is 9.26. The molecule has 1 aromatic heterocycles. The lowest BCUT2D eigenvalue weighted by Gasteiger charge is -2.37. The number of nitriles is 1. The predicted molar refractivity (Wildman–Crippen MR) is 115 cm³/mol. The van der Waals surface area contributed by atoms with Crippen LogP contribution in [0.3, 0.4) is 0 Å². The van der Waals surface area contributed by atoms with E-state index in [4.69, 9.17) is 0 Å². The zero-order chi connectivity index (χ0) is 20.2. The Morgan fingerprint density at radius 3 is 2.52 bits per heavy atom. The van der Waals surface area contributed by atoms with Crippen LogP contribution < -0.4 is 15.1 Å². The minimum atomic E-state index is 0.391. The molecule has 0 atom stereocenters. The first-order valence-electron chi connectivity index (χ1n) is 9.67. The lowest BCUT2D eigenvalue weighted by Crippen LogP contribution is -2.47. The van der Waals surface area contributed by atoms with Gasteiger partial charge in [-0.25, -0.2) is 0 Å². The number of nitrogens with one attached hydrogen (secondary N) is 1. The van der Waals surface area contributed by atoms with E-state index in [1.54, 1.807) is 12.3 Å². The van der Waals surface area contributed by atoms with Gasteiger partial charge in [0, 0.05) is 31.9 Å². The molecule has 0 amide bonds. The quantitative estimate of drug-likeness (QED) is 0.737. The Bertz CT molecular complexity index is 1050. The fourth-order valence-corrected chi connectivity index (χ4v) is 3.56. The number of nitrogens with zero attached hydrogens (tertiary/aromatic N) is 6. The molecule has 1 fully saturated rings. The second-order valence-electron chi connectivity index (χ2n) is 7.11. The van der Waals surface area contributed by atoms with E-state index in [1.807, 2.05) is 18.2 Å². The van der Waals surface area contributed by atoms with Crippen molar-refractivity contribution in [2.24, 2.45) is 0 Å². The van der Waals surface area contributed by atoms with Crippen molar-refractivity contribution in [3.8, 4) is 6.07 Å². The summed E-state index contributed by atoms with van der Waals surface area (Å²) in [5.41, 5.74) is 5.18. The summed E-state index contributed by atoms with van der Waals surface area (Å²) in [6.07, 6.45) is 1.69. The molecule has 0 radical (unpaired) electrons. The van der Waals surface area contributed by atoms with Crippen LogP contribution in [0.25, 0.3) is 0 Å². The highest BCUT2D eigenvalue weighted by atomic mass is 15.3. The van der Waals surface area contributed by atoms with E-state index in [9.17, 15) is 5.26 Å². The van der Waals surface area contributed by atoms with Crippen molar-refractivity contribution in [1.29, 1.82) is 5.26 Å². The standard InChI is InChI=1S/C22H23N7/c1-16-6-5-9-20(17(16)2)28-10-12-29(13-11-28)21-15-24-27-22(26-21)25-19-8-4-3-7-18(19)14-23/h3-9,15H,10-13H2,1-2H3,(H,25,26,27). The first-order valence-corrected chi connectivity index (χ1v) is 9.67. The molecule has 2 heterocycles. The normalized spacial score (nSPS) is 13.8. The molecular weight excluding hydrogens is 362 g/mol. The SMILES string of the molecule is Cc1cccc(N2CCN(c3cnnc(Nc4ccccc4C#N)n3)CC2)c1C. The summed E-state index contributed by atoms with van der Waals surface area (Å²) >= 11 is 0.